The minimum Gasteiger partial charge on any atom is -0.497 e. The van der Waals surface area contributed by atoms with Crippen LogP contribution in [0.25, 0.3) is 5.69 Å². The van der Waals surface area contributed by atoms with E-state index in [1.807, 2.05) is 60.8 Å². The molecule has 1 N–H and O–H groups in total. The van der Waals surface area contributed by atoms with E-state index in [9.17, 15) is 0 Å². The SMILES string of the molecule is COc1ccc(-n2c(C)cc([C@H]3[C@@H](c4ccccn4)NC(=S)N3c3ccc(Cl)cc3)c2C)cc1. The van der Waals surface area contributed by atoms with Gasteiger partial charge in [-0.1, -0.05) is 17.7 Å². The lowest BCUT2D eigenvalue weighted by Crippen LogP contribution is -2.29. The standard InChI is InChI=1S/C27H25ClN4OS/c1-17-16-23(18(2)31(17)20-11-13-22(33-3)14-12-20)26-25(24-6-4-5-15-29-24)30-27(34)32(26)21-9-7-19(28)8-10-21/h4-16,25-26H,1-3H3,(H,30,34)/t25-,26+/m1/s1. The number of ether oxygens (including phenoxy) is 1. The maximum Gasteiger partial charge on any atom is 0.174 e. The zero-order valence-electron chi connectivity index (χ0n) is 19.2. The maximum atomic E-state index is 6.18. The fourth-order valence-electron chi connectivity index (χ4n) is 4.77. The second-order valence-electron chi connectivity index (χ2n) is 8.33. The first-order valence-electron chi connectivity index (χ1n) is 11.1. The van der Waals surface area contributed by atoms with Crippen molar-refractivity contribution in [2.45, 2.75) is 25.9 Å². The van der Waals surface area contributed by atoms with E-state index in [1.165, 1.54) is 5.56 Å². The van der Waals surface area contributed by atoms with Crippen LogP contribution < -0.4 is 15.0 Å². The van der Waals surface area contributed by atoms with Crippen LogP contribution in [-0.2, 0) is 0 Å². The van der Waals surface area contributed by atoms with Gasteiger partial charge in [-0.05, 0) is 98.4 Å². The van der Waals surface area contributed by atoms with E-state index in [0.717, 1.165) is 34.2 Å². The third-order valence-electron chi connectivity index (χ3n) is 6.32. The summed E-state index contributed by atoms with van der Waals surface area (Å²) >= 11 is 12.0. The Kier molecular flexibility index (Phi) is 6.02. The van der Waals surface area contributed by atoms with Crippen LogP contribution in [0.3, 0.4) is 0 Å². The number of halogens is 1. The van der Waals surface area contributed by atoms with Gasteiger partial charge in [-0.2, -0.15) is 0 Å². The Hall–Kier alpha value is -3.35. The van der Waals surface area contributed by atoms with Gasteiger partial charge in [0.15, 0.2) is 5.11 Å². The largest absolute Gasteiger partial charge is 0.497 e. The Labute approximate surface area is 210 Å². The molecule has 0 saturated carbocycles. The fraction of sp³-hybridized carbons (Fsp3) is 0.185. The molecule has 0 radical (unpaired) electrons. The first-order valence-corrected chi connectivity index (χ1v) is 11.9. The van der Waals surface area contributed by atoms with Crippen LogP contribution in [0, 0.1) is 13.8 Å². The van der Waals surface area contributed by atoms with Crippen molar-refractivity contribution in [1.29, 1.82) is 0 Å². The molecule has 34 heavy (non-hydrogen) atoms. The van der Waals surface area contributed by atoms with Crippen molar-refractivity contribution in [2.75, 3.05) is 12.0 Å². The summed E-state index contributed by atoms with van der Waals surface area (Å²) in [7, 11) is 1.68. The molecule has 0 bridgehead atoms. The van der Waals surface area contributed by atoms with Crippen LogP contribution in [0.4, 0.5) is 5.69 Å². The monoisotopic (exact) mass is 488 g/mol. The van der Waals surface area contributed by atoms with Crippen molar-refractivity contribution < 1.29 is 4.74 Å². The molecule has 1 fully saturated rings. The van der Waals surface area contributed by atoms with Crippen molar-refractivity contribution in [2.24, 2.45) is 0 Å². The molecule has 0 amide bonds. The van der Waals surface area contributed by atoms with Gasteiger partial charge in [0, 0.05) is 34.0 Å². The molecular formula is C27H25ClN4OS. The van der Waals surface area contributed by atoms with E-state index in [1.54, 1.807) is 7.11 Å². The number of anilines is 1. The number of hydrogen-bond acceptors (Lipinski definition) is 3. The predicted octanol–water partition coefficient (Wildman–Crippen LogP) is 6.33. The molecule has 1 aliphatic heterocycles. The topological polar surface area (TPSA) is 42.3 Å². The van der Waals surface area contributed by atoms with Gasteiger partial charge in [0.2, 0.25) is 0 Å². The number of aryl methyl sites for hydroxylation is 1. The highest BCUT2D eigenvalue weighted by Gasteiger charge is 2.42. The van der Waals surface area contributed by atoms with Gasteiger partial charge < -0.3 is 19.5 Å². The first-order chi connectivity index (χ1) is 16.5. The van der Waals surface area contributed by atoms with Crippen molar-refractivity contribution in [3.63, 3.8) is 0 Å². The second-order valence-corrected chi connectivity index (χ2v) is 9.16. The summed E-state index contributed by atoms with van der Waals surface area (Å²) in [6.45, 7) is 4.29. The number of benzene rings is 2. The number of rotatable bonds is 5. The molecule has 1 aliphatic rings. The van der Waals surface area contributed by atoms with Gasteiger partial charge in [0.1, 0.15) is 5.75 Å². The molecule has 0 unspecified atom stereocenters. The summed E-state index contributed by atoms with van der Waals surface area (Å²) in [5, 5.41) is 4.88. The Morgan fingerprint density at radius 2 is 1.68 bits per heavy atom. The number of hydrogen-bond donors (Lipinski definition) is 1. The lowest BCUT2D eigenvalue weighted by molar-refractivity contribution is 0.414. The molecule has 1 saturated heterocycles. The van der Waals surface area contributed by atoms with E-state index < -0.39 is 0 Å². The molecule has 2 aromatic carbocycles. The molecule has 2 aromatic heterocycles. The predicted molar refractivity (Wildman–Crippen MR) is 141 cm³/mol. The van der Waals surface area contributed by atoms with Gasteiger partial charge in [0.25, 0.3) is 0 Å². The summed E-state index contributed by atoms with van der Waals surface area (Å²) in [4.78, 5) is 6.83. The number of thiocarbonyl (C=S) groups is 1. The Morgan fingerprint density at radius 1 is 0.971 bits per heavy atom. The van der Waals surface area contributed by atoms with Crippen LogP contribution in [-0.4, -0.2) is 21.8 Å². The van der Waals surface area contributed by atoms with Crippen molar-refractivity contribution in [3.05, 3.63) is 107 Å². The van der Waals surface area contributed by atoms with E-state index >= 15 is 0 Å². The fourth-order valence-corrected chi connectivity index (χ4v) is 5.24. The Bertz CT molecular complexity index is 1320. The average Bonchev–Trinajstić information content (AvgIpc) is 3.35. The van der Waals surface area contributed by atoms with E-state index in [2.05, 4.69) is 51.8 Å². The highest BCUT2D eigenvalue weighted by atomic mass is 35.5. The molecule has 2 atom stereocenters. The molecule has 3 heterocycles. The van der Waals surface area contributed by atoms with E-state index in [0.29, 0.717) is 10.1 Å². The Balaban J connectivity index is 1.65. The molecule has 172 valence electrons. The zero-order chi connectivity index (χ0) is 23.8. The average molecular weight is 489 g/mol. The summed E-state index contributed by atoms with van der Waals surface area (Å²) in [5.74, 6) is 0.834. The molecule has 5 nitrogen and oxygen atoms in total. The van der Waals surface area contributed by atoms with Crippen LogP contribution >= 0.6 is 23.8 Å². The van der Waals surface area contributed by atoms with Crippen LogP contribution in [0.15, 0.2) is 79.0 Å². The molecule has 4 aromatic rings. The van der Waals surface area contributed by atoms with Gasteiger partial charge in [-0.25, -0.2) is 0 Å². The molecule has 5 rings (SSSR count). The zero-order valence-corrected chi connectivity index (χ0v) is 20.8. The molecule has 0 aliphatic carbocycles. The third kappa shape index (κ3) is 3.93. The van der Waals surface area contributed by atoms with Gasteiger partial charge in [0.05, 0.1) is 24.9 Å². The lowest BCUT2D eigenvalue weighted by atomic mass is 9.96. The molecule has 7 heteroatoms. The minimum atomic E-state index is -0.103. The maximum absolute atomic E-state index is 6.18. The first kappa shape index (κ1) is 22.4. The summed E-state index contributed by atoms with van der Waals surface area (Å²) in [6, 6.07) is 24.0. The second kappa shape index (κ2) is 9.12. The quantitative estimate of drug-likeness (QED) is 0.332. The van der Waals surface area contributed by atoms with Gasteiger partial charge in [-0.3, -0.25) is 4.98 Å². The van der Waals surface area contributed by atoms with E-state index in [4.69, 9.17) is 28.6 Å². The summed E-state index contributed by atoms with van der Waals surface area (Å²) < 4.78 is 7.61. The number of nitrogens with zero attached hydrogens (tertiary/aromatic N) is 3. The van der Waals surface area contributed by atoms with Crippen LogP contribution in [0.2, 0.25) is 5.02 Å². The minimum absolute atomic E-state index is 0.0817. The number of aromatic nitrogens is 2. The number of methoxy groups -OCH3 is 1. The van der Waals surface area contributed by atoms with Gasteiger partial charge >= 0.3 is 0 Å². The third-order valence-corrected chi connectivity index (χ3v) is 6.89. The summed E-state index contributed by atoms with van der Waals surface area (Å²) in [6.07, 6.45) is 1.82. The van der Waals surface area contributed by atoms with Crippen LogP contribution in [0.1, 0.15) is 34.7 Å². The normalized spacial score (nSPS) is 17.6. The highest BCUT2D eigenvalue weighted by molar-refractivity contribution is 7.80. The Morgan fingerprint density at radius 3 is 2.32 bits per heavy atom. The number of nitrogens with one attached hydrogen (secondary N) is 1. The van der Waals surface area contributed by atoms with E-state index in [-0.39, 0.29) is 12.1 Å². The van der Waals surface area contributed by atoms with Crippen molar-refractivity contribution in [3.8, 4) is 11.4 Å². The summed E-state index contributed by atoms with van der Waals surface area (Å²) in [5.41, 5.74) is 6.50. The number of pyridine rings is 1. The lowest BCUT2D eigenvalue weighted by Gasteiger charge is -2.28. The van der Waals surface area contributed by atoms with Crippen molar-refractivity contribution in [1.82, 2.24) is 14.9 Å². The highest BCUT2D eigenvalue weighted by Crippen LogP contribution is 2.43. The van der Waals surface area contributed by atoms with Crippen LogP contribution in [0.5, 0.6) is 5.75 Å². The smallest absolute Gasteiger partial charge is 0.174 e. The van der Waals surface area contributed by atoms with Gasteiger partial charge in [-0.15, -0.1) is 0 Å². The molecular weight excluding hydrogens is 464 g/mol. The molecule has 0 spiro atoms. The van der Waals surface area contributed by atoms with Crippen molar-refractivity contribution >= 4 is 34.6 Å².